The predicted octanol–water partition coefficient (Wildman–Crippen LogP) is 4.58. The van der Waals surface area contributed by atoms with Crippen LogP contribution in [-0.4, -0.2) is 13.0 Å². The molecule has 4 heteroatoms. The topological polar surface area (TPSA) is 20.3 Å². The third-order valence-electron chi connectivity index (χ3n) is 2.69. The van der Waals surface area contributed by atoms with E-state index in [0.29, 0.717) is 0 Å². The summed E-state index contributed by atoms with van der Waals surface area (Å²) in [7, 11) is 1.78. The summed E-state index contributed by atoms with van der Waals surface area (Å²) in [5, 5.41) is 0. The van der Waals surface area contributed by atoms with Crippen molar-refractivity contribution in [1.29, 1.82) is 0 Å². The summed E-state index contributed by atoms with van der Waals surface area (Å²) < 4.78 is 0.969. The molecule has 0 heterocycles. The van der Waals surface area contributed by atoms with Crippen LogP contribution in [0.2, 0.25) is 0 Å². The van der Waals surface area contributed by atoms with E-state index in [9.17, 15) is 4.79 Å². The van der Waals surface area contributed by atoms with Crippen molar-refractivity contribution in [3.63, 3.8) is 0 Å². The molecule has 0 aromatic heterocycles. The fourth-order valence-corrected chi connectivity index (χ4v) is 3.17. The molecule has 0 aliphatic rings. The quantitative estimate of drug-likeness (QED) is 0.817. The average Bonchev–Trinajstić information content (AvgIpc) is 2.38. The first kappa shape index (κ1) is 14.2. The molecule has 2 rings (SSSR count). The fraction of sp³-hybridized carbons (Fsp3) is 0.133. The molecule has 0 unspecified atom stereocenters. The molecular weight excluding hydrogens is 322 g/mol. The lowest BCUT2D eigenvalue weighted by molar-refractivity contribution is -0.116. The molecule has 0 saturated heterocycles. The Hall–Kier alpha value is -1.26. The van der Waals surface area contributed by atoms with Crippen LogP contribution in [0, 0.1) is 0 Å². The summed E-state index contributed by atoms with van der Waals surface area (Å²) in [6.45, 7) is 1.56. The summed E-state index contributed by atoms with van der Waals surface area (Å²) in [5.74, 6) is 0.0220. The van der Waals surface area contributed by atoms with Crippen LogP contribution in [0.5, 0.6) is 0 Å². The van der Waals surface area contributed by atoms with Crippen LogP contribution in [0.25, 0.3) is 0 Å². The SMILES string of the molecule is CC(=O)N(C)c1cc(Br)cc(Sc2ccccc2)c1. The summed E-state index contributed by atoms with van der Waals surface area (Å²) in [6, 6.07) is 16.2. The second-order valence-electron chi connectivity index (χ2n) is 4.14. The van der Waals surface area contributed by atoms with Gasteiger partial charge in [-0.25, -0.2) is 0 Å². The molecule has 0 fully saturated rings. The summed E-state index contributed by atoms with van der Waals surface area (Å²) in [5.41, 5.74) is 0.889. The van der Waals surface area contributed by atoms with Crippen LogP contribution in [-0.2, 0) is 4.79 Å². The third kappa shape index (κ3) is 3.85. The smallest absolute Gasteiger partial charge is 0.223 e. The Morgan fingerprint density at radius 2 is 1.79 bits per heavy atom. The van der Waals surface area contributed by atoms with Crippen LogP contribution in [0.15, 0.2) is 62.8 Å². The zero-order valence-electron chi connectivity index (χ0n) is 10.8. The van der Waals surface area contributed by atoms with Crippen molar-refractivity contribution < 1.29 is 4.79 Å². The zero-order chi connectivity index (χ0) is 13.8. The van der Waals surface area contributed by atoms with Gasteiger partial charge in [0.25, 0.3) is 0 Å². The van der Waals surface area contributed by atoms with Gasteiger partial charge >= 0.3 is 0 Å². The molecule has 2 nitrogen and oxygen atoms in total. The monoisotopic (exact) mass is 335 g/mol. The predicted molar refractivity (Wildman–Crippen MR) is 83.8 cm³/mol. The van der Waals surface area contributed by atoms with Gasteiger partial charge in [0.2, 0.25) is 5.91 Å². The molecule has 0 aliphatic heterocycles. The average molecular weight is 336 g/mol. The van der Waals surface area contributed by atoms with Crippen molar-refractivity contribution in [3.8, 4) is 0 Å². The van der Waals surface area contributed by atoms with Gasteiger partial charge in [0.1, 0.15) is 0 Å². The lowest BCUT2D eigenvalue weighted by atomic mass is 10.3. The largest absolute Gasteiger partial charge is 0.316 e. The van der Waals surface area contributed by atoms with Crippen LogP contribution in [0.4, 0.5) is 5.69 Å². The first-order chi connectivity index (χ1) is 9.06. The van der Waals surface area contributed by atoms with Gasteiger partial charge in [-0.2, -0.15) is 0 Å². The van der Waals surface area contributed by atoms with E-state index in [2.05, 4.69) is 34.1 Å². The molecule has 0 spiro atoms. The van der Waals surface area contributed by atoms with Crippen molar-refractivity contribution in [2.24, 2.45) is 0 Å². The lowest BCUT2D eigenvalue weighted by Crippen LogP contribution is -2.22. The van der Waals surface area contributed by atoms with E-state index in [1.165, 1.54) is 4.90 Å². The van der Waals surface area contributed by atoms with Crippen LogP contribution < -0.4 is 4.90 Å². The minimum Gasteiger partial charge on any atom is -0.316 e. The van der Waals surface area contributed by atoms with Crippen LogP contribution >= 0.6 is 27.7 Å². The first-order valence-corrected chi connectivity index (χ1v) is 7.45. The first-order valence-electron chi connectivity index (χ1n) is 5.84. The Morgan fingerprint density at radius 1 is 1.11 bits per heavy atom. The van der Waals surface area contributed by atoms with Crippen LogP contribution in [0.3, 0.4) is 0 Å². The number of carbonyl (C=O) groups excluding carboxylic acids is 1. The maximum Gasteiger partial charge on any atom is 0.223 e. The number of benzene rings is 2. The van der Waals surface area contributed by atoms with Crippen molar-refractivity contribution >= 4 is 39.3 Å². The highest BCUT2D eigenvalue weighted by molar-refractivity contribution is 9.10. The standard InChI is InChI=1S/C15H14BrNOS/c1-11(18)17(2)13-8-12(16)9-15(10-13)19-14-6-4-3-5-7-14/h3-10H,1-2H3. The van der Waals surface area contributed by atoms with E-state index < -0.39 is 0 Å². The van der Waals surface area contributed by atoms with E-state index in [-0.39, 0.29) is 5.91 Å². The van der Waals surface area contributed by atoms with Crippen molar-refractivity contribution in [1.82, 2.24) is 0 Å². The summed E-state index contributed by atoms with van der Waals surface area (Å²) >= 11 is 5.17. The molecule has 0 atom stereocenters. The molecule has 0 radical (unpaired) electrons. The molecule has 19 heavy (non-hydrogen) atoms. The van der Waals surface area contributed by atoms with E-state index in [1.807, 2.05) is 30.3 Å². The van der Waals surface area contributed by atoms with Gasteiger partial charge in [-0.3, -0.25) is 4.79 Å². The van der Waals surface area contributed by atoms with E-state index in [0.717, 1.165) is 15.1 Å². The Labute approximate surface area is 125 Å². The van der Waals surface area contributed by atoms with E-state index >= 15 is 0 Å². The number of rotatable bonds is 3. The van der Waals surface area contributed by atoms with Crippen molar-refractivity contribution in [2.45, 2.75) is 16.7 Å². The maximum absolute atomic E-state index is 11.4. The Balaban J connectivity index is 2.29. The molecule has 0 aliphatic carbocycles. The lowest BCUT2D eigenvalue weighted by Gasteiger charge is -2.16. The molecule has 2 aromatic carbocycles. The summed E-state index contributed by atoms with van der Waals surface area (Å²) in [6.07, 6.45) is 0. The number of carbonyl (C=O) groups is 1. The Bertz CT molecular complexity index is 586. The highest BCUT2D eigenvalue weighted by Crippen LogP contribution is 2.33. The molecule has 0 saturated carbocycles. The van der Waals surface area contributed by atoms with Crippen LogP contribution in [0.1, 0.15) is 6.92 Å². The molecule has 2 aromatic rings. The van der Waals surface area contributed by atoms with Gasteiger partial charge in [-0.15, -0.1) is 0 Å². The second-order valence-corrected chi connectivity index (χ2v) is 6.20. The minimum atomic E-state index is 0.0220. The number of nitrogens with zero attached hydrogens (tertiary/aromatic N) is 1. The number of amides is 1. The molecule has 0 bridgehead atoms. The summed E-state index contributed by atoms with van der Waals surface area (Å²) in [4.78, 5) is 15.3. The van der Waals surface area contributed by atoms with Crippen molar-refractivity contribution in [2.75, 3.05) is 11.9 Å². The zero-order valence-corrected chi connectivity index (χ0v) is 13.2. The maximum atomic E-state index is 11.4. The van der Waals surface area contributed by atoms with Gasteiger partial charge in [0, 0.05) is 33.9 Å². The number of halogens is 1. The van der Waals surface area contributed by atoms with E-state index in [4.69, 9.17) is 0 Å². The van der Waals surface area contributed by atoms with Gasteiger partial charge in [-0.05, 0) is 30.3 Å². The number of hydrogen-bond acceptors (Lipinski definition) is 2. The Kier molecular flexibility index (Phi) is 4.66. The normalized spacial score (nSPS) is 10.3. The van der Waals surface area contributed by atoms with Gasteiger partial charge in [0.05, 0.1) is 0 Å². The molecule has 0 N–H and O–H groups in total. The second kappa shape index (κ2) is 6.26. The van der Waals surface area contributed by atoms with Gasteiger partial charge in [-0.1, -0.05) is 45.9 Å². The third-order valence-corrected chi connectivity index (χ3v) is 4.13. The molecule has 98 valence electrons. The number of anilines is 1. The number of hydrogen-bond donors (Lipinski definition) is 0. The van der Waals surface area contributed by atoms with E-state index in [1.54, 1.807) is 30.6 Å². The molecule has 1 amide bonds. The van der Waals surface area contributed by atoms with Gasteiger partial charge in [0.15, 0.2) is 0 Å². The van der Waals surface area contributed by atoms with Crippen molar-refractivity contribution in [3.05, 3.63) is 53.0 Å². The molecular formula is C15H14BrNOS. The Morgan fingerprint density at radius 3 is 2.42 bits per heavy atom. The highest BCUT2D eigenvalue weighted by atomic mass is 79.9. The minimum absolute atomic E-state index is 0.0220. The fourth-order valence-electron chi connectivity index (χ4n) is 1.61. The highest BCUT2D eigenvalue weighted by Gasteiger charge is 2.08. The van der Waals surface area contributed by atoms with Gasteiger partial charge < -0.3 is 4.90 Å².